The quantitative estimate of drug-likeness (QED) is 0.728. The van der Waals surface area contributed by atoms with Crippen LogP contribution < -0.4 is 0 Å². The third kappa shape index (κ3) is 1.59. The van der Waals surface area contributed by atoms with E-state index in [1.807, 2.05) is 0 Å². The molecule has 78 valence electrons. The number of nitrogens with zero attached hydrogens (tertiary/aromatic N) is 1. The van der Waals surface area contributed by atoms with Crippen LogP contribution in [0.2, 0.25) is 0 Å². The smallest absolute Gasteiger partial charge is 0.0747 e. The van der Waals surface area contributed by atoms with Crippen molar-refractivity contribution in [3.63, 3.8) is 0 Å². The van der Waals surface area contributed by atoms with Crippen molar-refractivity contribution < 1.29 is 5.11 Å². The van der Waals surface area contributed by atoms with Gasteiger partial charge >= 0.3 is 0 Å². The molecule has 1 N–H and O–H groups in total. The molecule has 14 heavy (non-hydrogen) atoms. The zero-order chi connectivity index (χ0) is 10.1. The lowest BCUT2D eigenvalue weighted by molar-refractivity contribution is 0.0738. The second kappa shape index (κ2) is 3.77. The van der Waals surface area contributed by atoms with Gasteiger partial charge in [0.2, 0.25) is 0 Å². The van der Waals surface area contributed by atoms with Gasteiger partial charge in [0, 0.05) is 11.4 Å². The lowest BCUT2D eigenvalue weighted by Gasteiger charge is -2.31. The molecule has 0 bridgehead atoms. The molecule has 0 saturated heterocycles. The van der Waals surface area contributed by atoms with Crippen LogP contribution in [-0.4, -0.2) is 15.8 Å². The maximum Gasteiger partial charge on any atom is 0.0747 e. The van der Waals surface area contributed by atoms with E-state index in [1.165, 1.54) is 24.2 Å². The molecule has 2 heteroatoms. The number of aliphatic hydroxyl groups excluding tert-OH is 1. The molecule has 0 spiro atoms. The molecule has 1 aliphatic rings. The zero-order valence-corrected chi connectivity index (χ0v) is 9.03. The first-order valence-corrected chi connectivity index (χ1v) is 5.52. The van der Waals surface area contributed by atoms with E-state index >= 15 is 0 Å². The third-order valence-electron chi connectivity index (χ3n) is 3.35. The lowest BCUT2D eigenvalue weighted by Crippen LogP contribution is -2.28. The van der Waals surface area contributed by atoms with E-state index < -0.39 is 0 Å². The van der Waals surface area contributed by atoms with E-state index in [0.29, 0.717) is 6.04 Å². The Kier molecular flexibility index (Phi) is 2.64. The van der Waals surface area contributed by atoms with Crippen molar-refractivity contribution in [2.24, 2.45) is 0 Å². The number of hydrogen-bond donors (Lipinski definition) is 1. The van der Waals surface area contributed by atoms with Crippen molar-refractivity contribution in [3.8, 4) is 0 Å². The van der Waals surface area contributed by atoms with Crippen molar-refractivity contribution in [1.82, 2.24) is 4.57 Å². The monoisotopic (exact) mass is 193 g/mol. The van der Waals surface area contributed by atoms with Gasteiger partial charge in [-0.15, -0.1) is 0 Å². The van der Waals surface area contributed by atoms with Gasteiger partial charge in [0.15, 0.2) is 0 Å². The Morgan fingerprint density at radius 2 is 1.71 bits per heavy atom. The maximum atomic E-state index is 9.97. The number of aromatic nitrogens is 1. The Bertz CT molecular complexity index is 297. The Labute approximate surface area is 85.6 Å². The van der Waals surface area contributed by atoms with E-state index in [4.69, 9.17) is 0 Å². The van der Waals surface area contributed by atoms with Gasteiger partial charge < -0.3 is 9.67 Å². The standard InChI is InChI=1S/C12H19NO/c1-9-7-8-10(2)13(9)11-5-3-4-6-12(11)14/h7-8,11-12,14H,3-6H2,1-2H3. The van der Waals surface area contributed by atoms with Crippen LogP contribution in [0.5, 0.6) is 0 Å². The molecule has 1 fully saturated rings. The van der Waals surface area contributed by atoms with Crippen LogP contribution in [-0.2, 0) is 0 Å². The number of aliphatic hydroxyl groups is 1. The first-order chi connectivity index (χ1) is 6.70. The highest BCUT2D eigenvalue weighted by Crippen LogP contribution is 2.31. The van der Waals surface area contributed by atoms with Gasteiger partial charge in [-0.3, -0.25) is 0 Å². The van der Waals surface area contributed by atoms with E-state index in [1.54, 1.807) is 0 Å². The summed E-state index contributed by atoms with van der Waals surface area (Å²) in [5.74, 6) is 0. The molecule has 0 radical (unpaired) electrons. The van der Waals surface area contributed by atoms with Gasteiger partial charge in [0.25, 0.3) is 0 Å². The fourth-order valence-electron chi connectivity index (χ4n) is 2.60. The predicted molar refractivity (Wildman–Crippen MR) is 57.4 cm³/mol. The molecule has 1 heterocycles. The fourth-order valence-corrected chi connectivity index (χ4v) is 2.60. The van der Waals surface area contributed by atoms with Crippen LogP contribution in [0.4, 0.5) is 0 Å². The maximum absolute atomic E-state index is 9.97. The van der Waals surface area contributed by atoms with E-state index in [2.05, 4.69) is 30.5 Å². The minimum atomic E-state index is -0.145. The Hall–Kier alpha value is -0.760. The van der Waals surface area contributed by atoms with Crippen LogP contribution in [0.15, 0.2) is 12.1 Å². The lowest BCUT2D eigenvalue weighted by atomic mass is 9.92. The molecule has 1 aromatic heterocycles. The van der Waals surface area contributed by atoms with E-state index in [9.17, 15) is 5.11 Å². The second-order valence-corrected chi connectivity index (χ2v) is 4.41. The summed E-state index contributed by atoms with van der Waals surface area (Å²) >= 11 is 0. The first-order valence-electron chi connectivity index (χ1n) is 5.52. The first kappa shape index (κ1) is 9.78. The summed E-state index contributed by atoms with van der Waals surface area (Å²) in [6.45, 7) is 4.24. The molecule has 1 aromatic rings. The highest BCUT2D eigenvalue weighted by Gasteiger charge is 2.25. The van der Waals surface area contributed by atoms with Gasteiger partial charge in [-0.25, -0.2) is 0 Å². The summed E-state index contributed by atoms with van der Waals surface area (Å²) < 4.78 is 2.30. The molecule has 0 aromatic carbocycles. The van der Waals surface area contributed by atoms with Gasteiger partial charge in [0.1, 0.15) is 0 Å². The highest BCUT2D eigenvalue weighted by molar-refractivity contribution is 5.15. The summed E-state index contributed by atoms with van der Waals surface area (Å²) in [6.07, 6.45) is 4.36. The summed E-state index contributed by atoms with van der Waals surface area (Å²) in [5, 5.41) is 9.97. The van der Waals surface area contributed by atoms with Crippen LogP contribution in [0.1, 0.15) is 43.1 Å². The van der Waals surface area contributed by atoms with Crippen LogP contribution in [0, 0.1) is 13.8 Å². The molecular weight excluding hydrogens is 174 g/mol. The molecule has 1 aliphatic carbocycles. The van der Waals surface area contributed by atoms with Gasteiger partial charge in [0.05, 0.1) is 12.1 Å². The van der Waals surface area contributed by atoms with E-state index in [0.717, 1.165) is 12.8 Å². The molecule has 1 saturated carbocycles. The van der Waals surface area contributed by atoms with Crippen molar-refractivity contribution in [3.05, 3.63) is 23.5 Å². The SMILES string of the molecule is Cc1ccc(C)n1C1CCCCC1O. The largest absolute Gasteiger partial charge is 0.391 e. The highest BCUT2D eigenvalue weighted by atomic mass is 16.3. The topological polar surface area (TPSA) is 25.2 Å². The Balaban J connectivity index is 2.28. The molecular formula is C12H19NO. The van der Waals surface area contributed by atoms with Crippen molar-refractivity contribution in [1.29, 1.82) is 0 Å². The predicted octanol–water partition coefficient (Wildman–Crippen LogP) is 2.58. The Morgan fingerprint density at radius 3 is 2.29 bits per heavy atom. The molecule has 2 rings (SSSR count). The molecule has 0 amide bonds. The fraction of sp³-hybridized carbons (Fsp3) is 0.667. The number of aryl methyl sites for hydroxylation is 2. The van der Waals surface area contributed by atoms with Crippen LogP contribution >= 0.6 is 0 Å². The molecule has 2 nitrogen and oxygen atoms in total. The van der Waals surface area contributed by atoms with Crippen molar-refractivity contribution in [2.75, 3.05) is 0 Å². The molecule has 2 unspecified atom stereocenters. The molecule has 2 atom stereocenters. The molecule has 0 aliphatic heterocycles. The average Bonchev–Trinajstić information content (AvgIpc) is 2.48. The van der Waals surface area contributed by atoms with Crippen molar-refractivity contribution >= 4 is 0 Å². The normalized spacial score (nSPS) is 27.9. The Morgan fingerprint density at radius 1 is 1.14 bits per heavy atom. The van der Waals surface area contributed by atoms with E-state index in [-0.39, 0.29) is 6.10 Å². The summed E-state index contributed by atoms with van der Waals surface area (Å²) in [4.78, 5) is 0. The number of rotatable bonds is 1. The van der Waals surface area contributed by atoms with Gasteiger partial charge in [-0.1, -0.05) is 12.8 Å². The minimum absolute atomic E-state index is 0.145. The second-order valence-electron chi connectivity index (χ2n) is 4.41. The minimum Gasteiger partial charge on any atom is -0.391 e. The average molecular weight is 193 g/mol. The summed E-state index contributed by atoms with van der Waals surface area (Å²) in [7, 11) is 0. The summed E-state index contributed by atoms with van der Waals surface area (Å²) in [6, 6.07) is 4.59. The van der Waals surface area contributed by atoms with Crippen LogP contribution in [0.3, 0.4) is 0 Å². The summed E-state index contributed by atoms with van der Waals surface area (Å²) in [5.41, 5.74) is 2.54. The van der Waals surface area contributed by atoms with Crippen LogP contribution in [0.25, 0.3) is 0 Å². The van der Waals surface area contributed by atoms with Gasteiger partial charge in [-0.05, 0) is 38.8 Å². The third-order valence-corrected chi connectivity index (χ3v) is 3.35. The zero-order valence-electron chi connectivity index (χ0n) is 9.03. The van der Waals surface area contributed by atoms with Gasteiger partial charge in [-0.2, -0.15) is 0 Å². The van der Waals surface area contributed by atoms with Crippen molar-refractivity contribution in [2.45, 2.75) is 51.7 Å². The number of hydrogen-bond acceptors (Lipinski definition) is 1.